The highest BCUT2D eigenvalue weighted by molar-refractivity contribution is 5.94. The van der Waals surface area contributed by atoms with E-state index in [0.717, 1.165) is 16.8 Å². The summed E-state index contributed by atoms with van der Waals surface area (Å²) in [6.07, 6.45) is 0. The van der Waals surface area contributed by atoms with Crippen LogP contribution >= 0.6 is 0 Å². The molecule has 0 saturated carbocycles. The zero-order valence-electron chi connectivity index (χ0n) is 15.5. The minimum absolute atomic E-state index is 0.0867. The third-order valence-electron chi connectivity index (χ3n) is 4.66. The van der Waals surface area contributed by atoms with Crippen molar-refractivity contribution in [1.82, 2.24) is 4.57 Å². The first-order valence-corrected chi connectivity index (χ1v) is 9.11. The highest BCUT2D eigenvalue weighted by atomic mass is 16.4. The summed E-state index contributed by atoms with van der Waals surface area (Å²) in [7, 11) is 0. The van der Waals surface area contributed by atoms with E-state index < -0.39 is 5.76 Å². The minimum atomic E-state index is -0.529. The van der Waals surface area contributed by atoms with E-state index in [0.29, 0.717) is 17.6 Å². The molecule has 1 aromatic heterocycles. The van der Waals surface area contributed by atoms with Crippen LogP contribution in [0.1, 0.15) is 11.1 Å². The monoisotopic (exact) mass is 372 g/mol. The van der Waals surface area contributed by atoms with Crippen molar-refractivity contribution in [1.29, 1.82) is 0 Å². The molecule has 0 saturated heterocycles. The Balaban J connectivity index is 1.70. The van der Waals surface area contributed by atoms with Gasteiger partial charge in [0.25, 0.3) is 0 Å². The van der Waals surface area contributed by atoms with E-state index in [1.54, 1.807) is 23.1 Å². The zero-order valence-corrected chi connectivity index (χ0v) is 15.5. The average molecular weight is 372 g/mol. The summed E-state index contributed by atoms with van der Waals surface area (Å²) in [6.45, 7) is 2.33. The summed E-state index contributed by atoms with van der Waals surface area (Å²) in [5.41, 5.74) is 3.97. The van der Waals surface area contributed by atoms with Gasteiger partial charge >= 0.3 is 5.76 Å². The number of fused-ring (bicyclic) bond motifs is 1. The summed E-state index contributed by atoms with van der Waals surface area (Å²) in [6, 6.07) is 24.7. The molecule has 3 aromatic carbocycles. The molecular weight excluding hydrogens is 352 g/mol. The zero-order chi connectivity index (χ0) is 19.5. The predicted octanol–water partition coefficient (Wildman–Crippen LogP) is 4.14. The van der Waals surface area contributed by atoms with Crippen molar-refractivity contribution in [2.45, 2.75) is 20.0 Å². The van der Waals surface area contributed by atoms with Gasteiger partial charge in [-0.2, -0.15) is 0 Å². The van der Waals surface area contributed by atoms with Crippen LogP contribution in [0, 0.1) is 6.92 Å². The van der Waals surface area contributed by atoms with Crippen molar-refractivity contribution in [3.05, 3.63) is 101 Å². The van der Waals surface area contributed by atoms with Crippen LogP contribution < -0.4 is 10.7 Å². The molecular formula is C23H20N2O3. The SMILES string of the molecule is Cc1cccc(N(Cc2ccccc2)C(=O)Cn2c(=O)oc3ccccc32)c1. The summed E-state index contributed by atoms with van der Waals surface area (Å²) in [5.74, 6) is -0.707. The molecule has 5 nitrogen and oxygen atoms in total. The normalized spacial score (nSPS) is 10.9. The van der Waals surface area contributed by atoms with Gasteiger partial charge in [0.15, 0.2) is 5.58 Å². The van der Waals surface area contributed by atoms with Crippen molar-refractivity contribution >= 4 is 22.7 Å². The number of amides is 1. The van der Waals surface area contributed by atoms with E-state index in [1.165, 1.54) is 4.57 Å². The third-order valence-corrected chi connectivity index (χ3v) is 4.66. The highest BCUT2D eigenvalue weighted by Gasteiger charge is 2.20. The Kier molecular flexibility index (Phi) is 4.81. The lowest BCUT2D eigenvalue weighted by atomic mass is 10.1. The lowest BCUT2D eigenvalue weighted by Gasteiger charge is -2.23. The first-order valence-electron chi connectivity index (χ1n) is 9.11. The Bertz CT molecular complexity index is 1180. The van der Waals surface area contributed by atoms with Crippen LogP contribution in [-0.2, 0) is 17.9 Å². The van der Waals surface area contributed by atoms with E-state index in [9.17, 15) is 9.59 Å². The molecule has 0 aliphatic rings. The number of benzene rings is 3. The summed E-state index contributed by atoms with van der Waals surface area (Å²) >= 11 is 0. The number of hydrogen-bond donors (Lipinski definition) is 0. The van der Waals surface area contributed by atoms with Crippen molar-refractivity contribution in [2.24, 2.45) is 0 Å². The van der Waals surface area contributed by atoms with Crippen LogP contribution in [0.5, 0.6) is 0 Å². The van der Waals surface area contributed by atoms with Crippen molar-refractivity contribution < 1.29 is 9.21 Å². The number of hydrogen-bond acceptors (Lipinski definition) is 3. The van der Waals surface area contributed by atoms with Gasteiger partial charge in [-0.25, -0.2) is 4.79 Å². The van der Waals surface area contributed by atoms with E-state index in [4.69, 9.17) is 4.42 Å². The first-order chi connectivity index (χ1) is 13.6. The number of carbonyl (C=O) groups excluding carboxylic acids is 1. The van der Waals surface area contributed by atoms with Gasteiger partial charge in [0.05, 0.1) is 12.1 Å². The topological polar surface area (TPSA) is 55.5 Å². The van der Waals surface area contributed by atoms with Crippen LogP contribution in [0.25, 0.3) is 11.1 Å². The molecule has 28 heavy (non-hydrogen) atoms. The molecule has 4 rings (SSSR count). The molecule has 0 unspecified atom stereocenters. The maximum absolute atomic E-state index is 13.2. The Morgan fingerprint density at radius 3 is 2.50 bits per heavy atom. The van der Waals surface area contributed by atoms with Gasteiger partial charge < -0.3 is 9.32 Å². The number of aryl methyl sites for hydroxylation is 1. The van der Waals surface area contributed by atoms with Gasteiger partial charge in [-0.15, -0.1) is 0 Å². The highest BCUT2D eigenvalue weighted by Crippen LogP contribution is 2.20. The summed E-state index contributed by atoms with van der Waals surface area (Å²) in [4.78, 5) is 27.2. The fourth-order valence-electron chi connectivity index (χ4n) is 3.27. The van der Waals surface area contributed by atoms with E-state index in [-0.39, 0.29) is 12.5 Å². The van der Waals surface area contributed by atoms with Gasteiger partial charge in [0, 0.05) is 5.69 Å². The second-order valence-corrected chi connectivity index (χ2v) is 6.73. The molecule has 5 heteroatoms. The van der Waals surface area contributed by atoms with Crippen LogP contribution in [0.2, 0.25) is 0 Å². The molecule has 0 fully saturated rings. The lowest BCUT2D eigenvalue weighted by Crippen LogP contribution is -2.35. The number of carbonyl (C=O) groups is 1. The Labute approximate surface area is 162 Å². The van der Waals surface area contributed by atoms with Crippen molar-refractivity contribution in [2.75, 3.05) is 4.90 Å². The Morgan fingerprint density at radius 2 is 1.71 bits per heavy atom. The molecule has 0 N–H and O–H groups in total. The van der Waals surface area contributed by atoms with Gasteiger partial charge in [-0.05, 0) is 42.3 Å². The fourth-order valence-corrected chi connectivity index (χ4v) is 3.27. The fraction of sp³-hybridized carbons (Fsp3) is 0.130. The number of anilines is 1. The molecule has 0 atom stereocenters. The molecule has 0 bridgehead atoms. The molecule has 0 radical (unpaired) electrons. The molecule has 1 amide bonds. The number of nitrogens with zero attached hydrogens (tertiary/aromatic N) is 2. The summed E-state index contributed by atoms with van der Waals surface area (Å²) in [5, 5.41) is 0. The van der Waals surface area contributed by atoms with Crippen molar-refractivity contribution in [3.8, 4) is 0 Å². The molecule has 0 spiro atoms. The summed E-state index contributed by atoms with van der Waals surface area (Å²) < 4.78 is 6.64. The molecule has 0 aliphatic carbocycles. The molecule has 140 valence electrons. The van der Waals surface area contributed by atoms with Crippen LogP contribution in [0.15, 0.2) is 88.1 Å². The standard InChI is InChI=1S/C23H20N2O3/c1-17-8-7-11-19(14-17)24(15-18-9-3-2-4-10-18)22(26)16-25-20-12-5-6-13-21(20)28-23(25)27/h2-14H,15-16H2,1H3. The number of aromatic nitrogens is 1. The second kappa shape index (κ2) is 7.56. The quantitative estimate of drug-likeness (QED) is 0.529. The molecule has 0 aliphatic heterocycles. The van der Waals surface area contributed by atoms with Crippen LogP contribution in [-0.4, -0.2) is 10.5 Å². The Morgan fingerprint density at radius 1 is 0.964 bits per heavy atom. The van der Waals surface area contributed by atoms with E-state index in [2.05, 4.69) is 0 Å². The smallest absolute Gasteiger partial charge is 0.408 e. The number of para-hydroxylation sites is 2. The molecule has 1 heterocycles. The van der Waals surface area contributed by atoms with Gasteiger partial charge in [0.1, 0.15) is 6.54 Å². The van der Waals surface area contributed by atoms with Gasteiger partial charge in [0.2, 0.25) is 5.91 Å². The first kappa shape index (κ1) is 17.8. The number of oxazole rings is 1. The minimum Gasteiger partial charge on any atom is -0.408 e. The van der Waals surface area contributed by atoms with Gasteiger partial charge in [-0.1, -0.05) is 54.6 Å². The van der Waals surface area contributed by atoms with Crippen LogP contribution in [0.4, 0.5) is 5.69 Å². The van der Waals surface area contributed by atoms with Crippen molar-refractivity contribution in [3.63, 3.8) is 0 Å². The predicted molar refractivity (Wildman–Crippen MR) is 109 cm³/mol. The second-order valence-electron chi connectivity index (χ2n) is 6.73. The largest absolute Gasteiger partial charge is 0.420 e. The Hall–Kier alpha value is -3.60. The van der Waals surface area contributed by atoms with Gasteiger partial charge in [-0.3, -0.25) is 9.36 Å². The average Bonchev–Trinajstić information content (AvgIpc) is 3.02. The maximum Gasteiger partial charge on any atom is 0.420 e. The maximum atomic E-state index is 13.2. The number of rotatable bonds is 5. The van der Waals surface area contributed by atoms with E-state index >= 15 is 0 Å². The molecule has 4 aromatic rings. The lowest BCUT2D eigenvalue weighted by molar-refractivity contribution is -0.119. The third kappa shape index (κ3) is 3.60. The van der Waals surface area contributed by atoms with E-state index in [1.807, 2.05) is 67.6 Å². The van der Waals surface area contributed by atoms with Crippen LogP contribution in [0.3, 0.4) is 0 Å².